The Morgan fingerprint density at radius 2 is 1.75 bits per heavy atom. The molecule has 1 saturated heterocycles. The number of hydrogen-bond donors (Lipinski definition) is 4. The molecule has 10 nitrogen and oxygen atoms in total. The highest BCUT2D eigenvalue weighted by molar-refractivity contribution is 7.22. The minimum Gasteiger partial charge on any atom is -0.453 e. The summed E-state index contributed by atoms with van der Waals surface area (Å²) in [6.07, 6.45) is 7.32. The molecular formula is C32H36FN7O3S. The molecule has 230 valence electrons. The van der Waals surface area contributed by atoms with Crippen molar-refractivity contribution in [1.29, 1.82) is 0 Å². The summed E-state index contributed by atoms with van der Waals surface area (Å²) in [6, 6.07) is 12.2. The van der Waals surface area contributed by atoms with E-state index < -0.39 is 5.82 Å². The molecule has 1 aromatic carbocycles. The summed E-state index contributed by atoms with van der Waals surface area (Å²) in [5.41, 5.74) is 3.04. The lowest BCUT2D eigenvalue weighted by Crippen LogP contribution is -2.49. The molecule has 4 heterocycles. The third-order valence-corrected chi connectivity index (χ3v) is 8.69. The number of likely N-dealkylation sites (tertiary alicyclic amines) is 1. The fourth-order valence-corrected chi connectivity index (χ4v) is 6.17. The number of urea groups is 2. The lowest BCUT2D eigenvalue weighted by molar-refractivity contribution is 0.186. The third kappa shape index (κ3) is 7.61. The van der Waals surface area contributed by atoms with Gasteiger partial charge in [-0.05, 0) is 69.4 Å². The van der Waals surface area contributed by atoms with E-state index >= 15 is 0 Å². The first-order chi connectivity index (χ1) is 21.3. The molecule has 0 radical (unpaired) electrons. The molecule has 1 saturated carbocycles. The van der Waals surface area contributed by atoms with Gasteiger partial charge in [0.1, 0.15) is 5.75 Å². The molecule has 4 amide bonds. The maximum Gasteiger partial charge on any atom is 0.319 e. The lowest BCUT2D eigenvalue weighted by Gasteiger charge is -2.32. The van der Waals surface area contributed by atoms with E-state index in [4.69, 9.17) is 9.72 Å². The van der Waals surface area contributed by atoms with Gasteiger partial charge < -0.3 is 26.0 Å². The Morgan fingerprint density at radius 3 is 2.45 bits per heavy atom. The first kappa shape index (κ1) is 29.8. The summed E-state index contributed by atoms with van der Waals surface area (Å²) >= 11 is 1.49. The number of fused-ring (bicyclic) bond motifs is 1. The van der Waals surface area contributed by atoms with Gasteiger partial charge in [0, 0.05) is 68.0 Å². The summed E-state index contributed by atoms with van der Waals surface area (Å²) in [5, 5.41) is 11.4. The number of hydrogen-bond acceptors (Lipinski definition) is 7. The topological polar surface area (TPSA) is 121 Å². The Hall–Kier alpha value is -4.29. The Balaban J connectivity index is 1.07. The number of nitrogens with zero attached hydrogens (tertiary/aromatic N) is 3. The molecule has 12 heteroatoms. The van der Waals surface area contributed by atoms with Crippen LogP contribution in [0.4, 0.5) is 19.7 Å². The van der Waals surface area contributed by atoms with Crippen LogP contribution in [0, 0.1) is 5.82 Å². The fourth-order valence-electron chi connectivity index (χ4n) is 5.13. The van der Waals surface area contributed by atoms with Gasteiger partial charge in [-0.3, -0.25) is 14.9 Å². The van der Waals surface area contributed by atoms with Gasteiger partial charge in [-0.1, -0.05) is 6.07 Å². The van der Waals surface area contributed by atoms with Crippen LogP contribution in [0.5, 0.6) is 11.5 Å². The van der Waals surface area contributed by atoms with Crippen LogP contribution in [0.15, 0.2) is 54.9 Å². The molecule has 44 heavy (non-hydrogen) atoms. The molecule has 2 aliphatic rings. The van der Waals surface area contributed by atoms with Gasteiger partial charge in [0.2, 0.25) is 0 Å². The van der Waals surface area contributed by atoms with Gasteiger partial charge >= 0.3 is 12.1 Å². The second-order valence-electron chi connectivity index (χ2n) is 11.6. The number of carbonyl (C=O) groups excluding carboxylic acids is 2. The summed E-state index contributed by atoms with van der Waals surface area (Å²) in [4.78, 5) is 36.5. The quantitative estimate of drug-likeness (QED) is 0.176. The smallest absolute Gasteiger partial charge is 0.319 e. The van der Waals surface area contributed by atoms with E-state index in [1.807, 2.05) is 32.2 Å². The molecular weight excluding hydrogens is 581 g/mol. The average molecular weight is 618 g/mol. The number of halogens is 1. The predicted octanol–water partition coefficient (Wildman–Crippen LogP) is 6.25. The molecule has 0 atom stereocenters. The molecule has 0 spiro atoms. The van der Waals surface area contributed by atoms with E-state index in [-0.39, 0.29) is 35.9 Å². The van der Waals surface area contributed by atoms with Crippen molar-refractivity contribution < 1.29 is 18.7 Å². The van der Waals surface area contributed by atoms with Gasteiger partial charge in [0.25, 0.3) is 0 Å². The Labute approximate surface area is 259 Å². The van der Waals surface area contributed by atoms with Gasteiger partial charge in [-0.2, -0.15) is 0 Å². The number of ether oxygens (including phenoxy) is 1. The summed E-state index contributed by atoms with van der Waals surface area (Å²) < 4.78 is 21.7. The normalized spacial score (nSPS) is 15.7. The van der Waals surface area contributed by atoms with Crippen LogP contribution >= 0.6 is 11.3 Å². The Bertz CT molecular complexity index is 1630. The van der Waals surface area contributed by atoms with Gasteiger partial charge in [0.05, 0.1) is 20.8 Å². The zero-order chi connectivity index (χ0) is 30.6. The van der Waals surface area contributed by atoms with Crippen molar-refractivity contribution in [1.82, 2.24) is 30.8 Å². The average Bonchev–Trinajstić information content (AvgIpc) is 3.69. The molecule has 0 bridgehead atoms. The summed E-state index contributed by atoms with van der Waals surface area (Å²) in [7, 11) is 0. The zero-order valence-electron chi connectivity index (χ0n) is 24.7. The number of thiophene rings is 1. The SMILES string of the molecule is CC(C)NC(=O)NC1CCN(Cc2ccc(-c3cc4nccc(Oc5ccc(NC(=O)NC6CC6)cc5F)c4s3)nc2)CC1. The van der Waals surface area contributed by atoms with Gasteiger partial charge in [-0.25, -0.2) is 14.0 Å². The monoisotopic (exact) mass is 617 g/mol. The number of amides is 4. The summed E-state index contributed by atoms with van der Waals surface area (Å²) in [6.45, 7) is 6.53. The number of pyridine rings is 2. The van der Waals surface area contributed by atoms with E-state index in [9.17, 15) is 14.0 Å². The van der Waals surface area contributed by atoms with Gasteiger partial charge in [-0.15, -0.1) is 11.3 Å². The second-order valence-corrected chi connectivity index (χ2v) is 12.7. The molecule has 0 unspecified atom stereocenters. The van der Waals surface area contributed by atoms with Crippen molar-refractivity contribution in [2.45, 2.75) is 64.2 Å². The van der Waals surface area contributed by atoms with Crippen LogP contribution in [0.3, 0.4) is 0 Å². The summed E-state index contributed by atoms with van der Waals surface area (Å²) in [5.74, 6) is -0.0272. The van der Waals surface area contributed by atoms with Crippen LogP contribution < -0.4 is 26.0 Å². The Morgan fingerprint density at radius 1 is 0.977 bits per heavy atom. The highest BCUT2D eigenvalue weighted by Gasteiger charge is 2.24. The van der Waals surface area contributed by atoms with Crippen LogP contribution in [-0.2, 0) is 6.54 Å². The van der Waals surface area contributed by atoms with Crippen LogP contribution in [-0.4, -0.2) is 58.1 Å². The first-order valence-corrected chi connectivity index (χ1v) is 15.8. The maximum atomic E-state index is 14.9. The molecule has 2 fully saturated rings. The van der Waals surface area contributed by atoms with Crippen molar-refractivity contribution in [3.05, 3.63) is 66.2 Å². The van der Waals surface area contributed by atoms with Crippen molar-refractivity contribution in [2.75, 3.05) is 18.4 Å². The largest absolute Gasteiger partial charge is 0.453 e. The predicted molar refractivity (Wildman–Crippen MR) is 170 cm³/mol. The third-order valence-electron chi connectivity index (χ3n) is 7.52. The molecule has 1 aliphatic heterocycles. The maximum absolute atomic E-state index is 14.9. The number of rotatable bonds is 9. The van der Waals surface area contributed by atoms with Crippen LogP contribution in [0.25, 0.3) is 20.8 Å². The van der Waals surface area contributed by atoms with Crippen molar-refractivity contribution in [2.24, 2.45) is 0 Å². The van der Waals surface area contributed by atoms with Crippen LogP contribution in [0.1, 0.15) is 45.1 Å². The Kier molecular flexibility index (Phi) is 8.89. The van der Waals surface area contributed by atoms with Crippen molar-refractivity contribution >= 4 is 39.3 Å². The van der Waals surface area contributed by atoms with Crippen molar-refractivity contribution in [3.8, 4) is 22.1 Å². The number of aromatic nitrogens is 2. The number of benzene rings is 1. The van der Waals surface area contributed by atoms with E-state index in [1.165, 1.54) is 23.5 Å². The number of carbonyl (C=O) groups is 2. The molecule has 4 N–H and O–H groups in total. The second kappa shape index (κ2) is 13.1. The minimum atomic E-state index is -0.578. The number of piperidine rings is 1. The highest BCUT2D eigenvalue weighted by Crippen LogP contribution is 2.39. The minimum absolute atomic E-state index is 0.0571. The fraction of sp³-hybridized carbons (Fsp3) is 0.375. The van der Waals surface area contributed by atoms with E-state index in [1.54, 1.807) is 18.3 Å². The molecule has 1 aliphatic carbocycles. The van der Waals surface area contributed by atoms with Crippen molar-refractivity contribution in [3.63, 3.8) is 0 Å². The lowest BCUT2D eigenvalue weighted by atomic mass is 10.0. The zero-order valence-corrected chi connectivity index (χ0v) is 25.5. The van der Waals surface area contributed by atoms with Crippen LogP contribution in [0.2, 0.25) is 0 Å². The van der Waals surface area contributed by atoms with Gasteiger partial charge in [0.15, 0.2) is 11.6 Å². The first-order valence-electron chi connectivity index (χ1n) is 15.0. The molecule has 4 aromatic rings. The van der Waals surface area contributed by atoms with E-state index in [0.717, 1.165) is 71.7 Å². The number of nitrogens with one attached hydrogen (secondary N) is 4. The highest BCUT2D eigenvalue weighted by atomic mass is 32.1. The standard InChI is InChI=1S/C32H36FN7O3S/c1-19(2)36-31(41)38-22-10-13-40(14-11-22)18-20-3-7-25(35-17-20)29-16-26-30(44-29)28(9-12-34-26)43-27-8-6-23(15-24(27)33)39-32(42)37-21-4-5-21/h3,6-9,12,15-17,19,21-22H,4-5,10-11,13-14,18H2,1-2H3,(H2,36,38,41)(H2,37,39,42). The molecule has 3 aromatic heterocycles. The van der Waals surface area contributed by atoms with E-state index in [0.29, 0.717) is 11.4 Å². The van der Waals surface area contributed by atoms with E-state index in [2.05, 4.69) is 37.2 Å². The number of anilines is 1. The molecule has 6 rings (SSSR count).